The van der Waals surface area contributed by atoms with Crippen molar-refractivity contribution >= 4 is 22.5 Å². The molecule has 0 atom stereocenters. The molecule has 0 saturated carbocycles. The maximum atomic E-state index is 12.9. The third-order valence-electron chi connectivity index (χ3n) is 1.37. The first-order chi connectivity index (χ1) is 6.07. The molecule has 0 fully saturated rings. The van der Waals surface area contributed by atoms with Crippen LogP contribution in [0, 0.1) is 16.5 Å². The van der Waals surface area contributed by atoms with Gasteiger partial charge in [0.25, 0.3) is 5.24 Å². The second kappa shape index (κ2) is 3.57. The molecule has 0 spiro atoms. The van der Waals surface area contributed by atoms with Gasteiger partial charge in [-0.1, -0.05) is 0 Å². The summed E-state index contributed by atoms with van der Waals surface area (Å²) in [7, 11) is 0. The summed E-state index contributed by atoms with van der Waals surface area (Å²) in [5, 5.41) is 0.947. The number of benzene rings is 1. The molecule has 3 nitrogen and oxygen atoms in total. The third kappa shape index (κ3) is 1.70. The average Bonchev–Trinajstić information content (AvgIpc) is 2.04. The van der Waals surface area contributed by atoms with Crippen LogP contribution in [0.4, 0.5) is 14.5 Å². The summed E-state index contributed by atoms with van der Waals surface area (Å²) in [6.07, 6.45) is 0. The highest BCUT2D eigenvalue weighted by molar-refractivity contribution is 6.67. The Kier molecular flexibility index (Phi) is 2.67. The van der Waals surface area contributed by atoms with E-state index in [-0.39, 0.29) is 0 Å². The molecule has 0 saturated heterocycles. The molecule has 0 bridgehead atoms. The lowest BCUT2D eigenvalue weighted by Gasteiger charge is -1.99. The van der Waals surface area contributed by atoms with E-state index in [1.165, 1.54) is 0 Å². The van der Waals surface area contributed by atoms with Gasteiger partial charge >= 0.3 is 0 Å². The van der Waals surface area contributed by atoms with Crippen LogP contribution in [0.2, 0.25) is 0 Å². The van der Waals surface area contributed by atoms with Crippen molar-refractivity contribution < 1.29 is 13.6 Å². The van der Waals surface area contributed by atoms with Gasteiger partial charge in [-0.15, -0.1) is 4.91 Å². The van der Waals surface area contributed by atoms with Gasteiger partial charge in [0.15, 0.2) is 5.82 Å². The molecule has 0 aliphatic heterocycles. The Hall–Kier alpha value is -1.36. The van der Waals surface area contributed by atoms with E-state index in [1.54, 1.807) is 0 Å². The van der Waals surface area contributed by atoms with Crippen LogP contribution in [0.25, 0.3) is 0 Å². The van der Waals surface area contributed by atoms with Crippen LogP contribution in [0.1, 0.15) is 10.4 Å². The molecule has 0 N–H and O–H groups in total. The topological polar surface area (TPSA) is 46.5 Å². The first-order valence-electron chi connectivity index (χ1n) is 3.09. The Bertz CT molecular complexity index is 381. The molecule has 0 aliphatic rings. The maximum absolute atomic E-state index is 12.9. The summed E-state index contributed by atoms with van der Waals surface area (Å²) in [6, 6.07) is 1.57. The number of rotatable bonds is 2. The van der Waals surface area contributed by atoms with Crippen molar-refractivity contribution in [3.8, 4) is 0 Å². The summed E-state index contributed by atoms with van der Waals surface area (Å²) < 4.78 is 25.7. The second-order valence-corrected chi connectivity index (χ2v) is 2.46. The monoisotopic (exact) mass is 205 g/mol. The molecule has 13 heavy (non-hydrogen) atoms. The highest BCUT2D eigenvalue weighted by Crippen LogP contribution is 2.24. The molecule has 1 aromatic carbocycles. The normalized spacial score (nSPS) is 9.77. The van der Waals surface area contributed by atoms with Crippen molar-refractivity contribution in [1.82, 2.24) is 0 Å². The minimum absolute atomic E-state index is 0.648. The fourth-order valence-corrected chi connectivity index (χ4v) is 0.965. The molecule has 68 valence electrons. The van der Waals surface area contributed by atoms with Gasteiger partial charge in [-0.3, -0.25) is 4.79 Å². The zero-order valence-electron chi connectivity index (χ0n) is 6.05. The smallest absolute Gasteiger partial charge is 0.258 e. The second-order valence-electron chi connectivity index (χ2n) is 2.12. The first-order valence-corrected chi connectivity index (χ1v) is 3.47. The number of hydrogen-bond donors (Lipinski definition) is 0. The highest BCUT2D eigenvalue weighted by atomic mass is 35.5. The molecule has 0 amide bonds. The molecule has 1 rings (SSSR count). The SMILES string of the molecule is O=Nc1ccc(F)c(C(=O)Cl)c1F. The van der Waals surface area contributed by atoms with Crippen LogP contribution in [-0.4, -0.2) is 5.24 Å². The van der Waals surface area contributed by atoms with E-state index in [0.29, 0.717) is 0 Å². The zero-order valence-corrected chi connectivity index (χ0v) is 6.81. The fraction of sp³-hybridized carbons (Fsp3) is 0. The minimum atomic E-state index is -1.34. The predicted molar refractivity (Wildman–Crippen MR) is 42.0 cm³/mol. The lowest BCUT2D eigenvalue weighted by Crippen LogP contribution is -1.99. The van der Waals surface area contributed by atoms with Gasteiger partial charge in [0, 0.05) is 0 Å². The number of hydrogen-bond acceptors (Lipinski definition) is 3. The minimum Gasteiger partial charge on any atom is -0.275 e. The summed E-state index contributed by atoms with van der Waals surface area (Å²) in [5.74, 6) is -2.46. The Morgan fingerprint density at radius 3 is 2.46 bits per heavy atom. The predicted octanol–water partition coefficient (Wildman–Crippen LogP) is 2.74. The largest absolute Gasteiger partial charge is 0.275 e. The lowest BCUT2D eigenvalue weighted by atomic mass is 10.2. The van der Waals surface area contributed by atoms with E-state index in [4.69, 9.17) is 11.6 Å². The van der Waals surface area contributed by atoms with Gasteiger partial charge < -0.3 is 0 Å². The number of nitroso groups, excluding NO2 is 1. The van der Waals surface area contributed by atoms with Gasteiger partial charge in [-0.2, -0.15) is 0 Å². The summed E-state index contributed by atoms with van der Waals surface area (Å²) in [4.78, 5) is 20.4. The average molecular weight is 206 g/mol. The Labute approximate surface area is 76.3 Å². The molecule has 0 unspecified atom stereocenters. The number of carbonyl (C=O) groups is 1. The van der Waals surface area contributed by atoms with Crippen molar-refractivity contribution in [2.24, 2.45) is 5.18 Å². The molecule has 1 aromatic rings. The molecule has 0 radical (unpaired) electrons. The van der Waals surface area contributed by atoms with Crippen LogP contribution in [0.3, 0.4) is 0 Å². The summed E-state index contributed by atoms with van der Waals surface area (Å²) in [5.41, 5.74) is -1.61. The zero-order chi connectivity index (χ0) is 10.0. The molecular weight excluding hydrogens is 204 g/mol. The van der Waals surface area contributed by atoms with E-state index in [1.807, 2.05) is 0 Å². The van der Waals surface area contributed by atoms with Crippen LogP contribution >= 0.6 is 11.6 Å². The van der Waals surface area contributed by atoms with E-state index in [9.17, 15) is 18.5 Å². The van der Waals surface area contributed by atoms with Gasteiger partial charge in [0.1, 0.15) is 17.1 Å². The quantitative estimate of drug-likeness (QED) is 0.551. The van der Waals surface area contributed by atoms with Crippen molar-refractivity contribution in [1.29, 1.82) is 0 Å². The molecule has 6 heteroatoms. The number of nitrogens with zero attached hydrogens (tertiary/aromatic N) is 1. The van der Waals surface area contributed by atoms with E-state index < -0.39 is 28.1 Å². The van der Waals surface area contributed by atoms with Gasteiger partial charge in [0.05, 0.1) is 0 Å². The number of halogens is 3. The molecule has 0 aromatic heterocycles. The van der Waals surface area contributed by atoms with Gasteiger partial charge in [0.2, 0.25) is 0 Å². The molecular formula is C7H2ClF2NO2. The third-order valence-corrected chi connectivity index (χ3v) is 1.55. The van der Waals surface area contributed by atoms with Crippen molar-refractivity contribution in [3.05, 3.63) is 34.2 Å². The van der Waals surface area contributed by atoms with Gasteiger partial charge in [-0.25, -0.2) is 8.78 Å². The lowest BCUT2D eigenvalue weighted by molar-refractivity contribution is 0.107. The fourth-order valence-electron chi connectivity index (χ4n) is 0.792. The molecule has 0 heterocycles. The van der Waals surface area contributed by atoms with Crippen molar-refractivity contribution in [2.45, 2.75) is 0 Å². The van der Waals surface area contributed by atoms with Crippen LogP contribution in [-0.2, 0) is 0 Å². The Morgan fingerprint density at radius 2 is 2.00 bits per heavy atom. The van der Waals surface area contributed by atoms with E-state index >= 15 is 0 Å². The summed E-state index contributed by atoms with van der Waals surface area (Å²) >= 11 is 4.88. The van der Waals surface area contributed by atoms with Crippen molar-refractivity contribution in [2.75, 3.05) is 0 Å². The maximum Gasteiger partial charge on any atom is 0.258 e. The van der Waals surface area contributed by atoms with Crippen LogP contribution in [0.15, 0.2) is 17.3 Å². The first kappa shape index (κ1) is 9.73. The van der Waals surface area contributed by atoms with Gasteiger partial charge in [-0.05, 0) is 28.9 Å². The van der Waals surface area contributed by atoms with Crippen LogP contribution in [0.5, 0.6) is 0 Å². The Morgan fingerprint density at radius 1 is 1.38 bits per heavy atom. The highest BCUT2D eigenvalue weighted by Gasteiger charge is 2.19. The van der Waals surface area contributed by atoms with E-state index in [0.717, 1.165) is 12.1 Å². The van der Waals surface area contributed by atoms with Crippen LogP contribution < -0.4 is 0 Å². The van der Waals surface area contributed by atoms with Crippen molar-refractivity contribution in [3.63, 3.8) is 0 Å². The molecule has 0 aliphatic carbocycles. The summed E-state index contributed by atoms with van der Waals surface area (Å²) in [6.45, 7) is 0. The Balaban J connectivity index is 3.47. The number of carbonyl (C=O) groups excluding carboxylic acids is 1. The van der Waals surface area contributed by atoms with E-state index in [2.05, 4.69) is 5.18 Å². The standard InChI is InChI=1S/C7H2ClF2NO2/c8-7(12)5-3(9)1-2-4(11-13)6(5)10/h1-2H.